The van der Waals surface area contributed by atoms with Crippen LogP contribution in [-0.2, 0) is 0 Å². The Labute approximate surface area is 122 Å². The maximum atomic E-state index is 4.23. The zero-order valence-electron chi connectivity index (χ0n) is 9.02. The van der Waals surface area contributed by atoms with Gasteiger partial charge in [-0.1, -0.05) is 45.7 Å². The first kappa shape index (κ1) is 17.1. The zero-order chi connectivity index (χ0) is 11.6. The van der Waals surface area contributed by atoms with Crippen LogP contribution in [0, 0.1) is 5.41 Å². The Morgan fingerprint density at radius 1 is 0.800 bits per heavy atom. The third-order valence-corrected chi connectivity index (χ3v) is 5.72. The molecule has 0 aliphatic rings. The Morgan fingerprint density at radius 3 is 1.33 bits per heavy atom. The Hall–Kier alpha value is 2.10. The van der Waals surface area contributed by atoms with E-state index < -0.39 is 0 Å². The minimum atomic E-state index is 0.487. The van der Waals surface area contributed by atoms with E-state index in [0.29, 0.717) is 5.41 Å². The molecule has 0 saturated heterocycles. The molecule has 6 heteroatoms. The van der Waals surface area contributed by atoms with Gasteiger partial charge in [0, 0.05) is 17.3 Å². The number of rotatable bonds is 10. The van der Waals surface area contributed by atoms with Crippen molar-refractivity contribution in [3.63, 3.8) is 0 Å². The molecule has 0 saturated carbocycles. The maximum absolute atomic E-state index is 4.23. The van der Waals surface area contributed by atoms with E-state index in [1.807, 2.05) is 0 Å². The summed E-state index contributed by atoms with van der Waals surface area (Å²) in [4.78, 5) is 0. The molecular formula is C9H20S6. The number of hydrogen-bond acceptors (Lipinski definition) is 6. The molecule has 0 heterocycles. The molecular weight excluding hydrogens is 301 g/mol. The van der Waals surface area contributed by atoms with Crippen LogP contribution >= 0.6 is 67.4 Å². The summed E-state index contributed by atoms with van der Waals surface area (Å²) < 4.78 is 0. The summed E-state index contributed by atoms with van der Waals surface area (Å²) in [5.41, 5.74) is 0.487. The molecule has 0 aromatic rings. The lowest BCUT2D eigenvalue weighted by Crippen LogP contribution is -2.22. The van der Waals surface area contributed by atoms with Gasteiger partial charge < -0.3 is 0 Å². The van der Waals surface area contributed by atoms with Gasteiger partial charge in [-0.2, -0.15) is 0 Å². The minimum Gasteiger partial charge on any atom is -0.111 e. The molecule has 0 aromatic carbocycles. The first-order valence-electron chi connectivity index (χ1n) is 5.04. The molecule has 0 nitrogen and oxygen atoms in total. The first-order chi connectivity index (χ1) is 7.24. The average molecular weight is 321 g/mol. The van der Waals surface area contributed by atoms with E-state index in [1.165, 1.54) is 25.7 Å². The Kier molecular flexibility index (Phi) is 12.8. The van der Waals surface area contributed by atoms with Crippen molar-refractivity contribution in [2.45, 2.75) is 32.6 Å². The van der Waals surface area contributed by atoms with E-state index >= 15 is 0 Å². The largest absolute Gasteiger partial charge is 0.111 e. The third-order valence-electron chi connectivity index (χ3n) is 2.92. The molecule has 0 aromatic heterocycles. The Balaban J connectivity index is 4.16. The van der Waals surface area contributed by atoms with Gasteiger partial charge in [0.15, 0.2) is 0 Å². The summed E-state index contributed by atoms with van der Waals surface area (Å²) in [7, 11) is 4.96. The van der Waals surface area contributed by atoms with Gasteiger partial charge in [-0.15, -0.1) is 35.0 Å². The molecule has 0 atom stereocenters. The van der Waals surface area contributed by atoms with Crippen LogP contribution in [0.15, 0.2) is 0 Å². The van der Waals surface area contributed by atoms with Gasteiger partial charge in [-0.05, 0) is 24.7 Å². The topological polar surface area (TPSA) is 0 Å². The summed E-state index contributed by atoms with van der Waals surface area (Å²) >= 11 is 12.7. The second-order valence-corrected chi connectivity index (χ2v) is 7.93. The van der Waals surface area contributed by atoms with Crippen molar-refractivity contribution in [1.29, 1.82) is 0 Å². The smallest absolute Gasteiger partial charge is 0.00397 e. The van der Waals surface area contributed by atoms with E-state index in [0.717, 1.165) is 17.3 Å². The predicted molar refractivity (Wildman–Crippen MR) is 90.9 cm³/mol. The zero-order valence-corrected chi connectivity index (χ0v) is 14.1. The van der Waals surface area contributed by atoms with E-state index in [4.69, 9.17) is 0 Å². The van der Waals surface area contributed by atoms with E-state index in [1.54, 1.807) is 32.4 Å². The average Bonchev–Trinajstić information content (AvgIpc) is 2.29. The van der Waals surface area contributed by atoms with Gasteiger partial charge in [-0.25, -0.2) is 0 Å². The van der Waals surface area contributed by atoms with Crippen molar-refractivity contribution < 1.29 is 0 Å². The van der Waals surface area contributed by atoms with Crippen molar-refractivity contribution in [2.75, 3.05) is 17.3 Å². The molecule has 0 radical (unpaired) electrons. The van der Waals surface area contributed by atoms with Gasteiger partial charge in [0.25, 0.3) is 0 Å². The summed E-state index contributed by atoms with van der Waals surface area (Å²) in [5, 5.41) is 0. The van der Waals surface area contributed by atoms with Crippen molar-refractivity contribution in [3.8, 4) is 0 Å². The van der Waals surface area contributed by atoms with E-state index in [2.05, 4.69) is 41.9 Å². The van der Waals surface area contributed by atoms with Gasteiger partial charge in [-0.3, -0.25) is 0 Å². The summed E-state index contributed by atoms with van der Waals surface area (Å²) in [6.07, 6.45) is 5.05. The van der Waals surface area contributed by atoms with Crippen molar-refractivity contribution in [1.82, 2.24) is 0 Å². The molecule has 0 bridgehead atoms. The molecule has 92 valence electrons. The lowest BCUT2D eigenvalue weighted by molar-refractivity contribution is 0.248. The fourth-order valence-corrected chi connectivity index (χ4v) is 4.09. The van der Waals surface area contributed by atoms with Crippen LogP contribution in [0.5, 0.6) is 0 Å². The van der Waals surface area contributed by atoms with Gasteiger partial charge in [0.1, 0.15) is 0 Å². The van der Waals surface area contributed by atoms with E-state index in [9.17, 15) is 0 Å². The standard InChI is InChI=1S/C9H20S6/c1-2-9(3-6-13-10,4-7-14-11)5-8-15-12/h10-12H,2-8H2,1H3. The maximum Gasteiger partial charge on any atom is 0.00397 e. The summed E-state index contributed by atoms with van der Waals surface area (Å²) in [6.45, 7) is 2.30. The molecule has 0 amide bonds. The molecule has 0 fully saturated rings. The van der Waals surface area contributed by atoms with E-state index in [-0.39, 0.29) is 0 Å². The molecule has 0 spiro atoms. The monoisotopic (exact) mass is 320 g/mol. The van der Waals surface area contributed by atoms with Crippen LogP contribution in [-0.4, -0.2) is 17.3 Å². The molecule has 0 aliphatic heterocycles. The Bertz CT molecular complexity index is 119. The molecule has 0 N–H and O–H groups in total. The highest BCUT2D eigenvalue weighted by Gasteiger charge is 2.26. The van der Waals surface area contributed by atoms with Crippen molar-refractivity contribution >= 4 is 67.4 Å². The minimum absolute atomic E-state index is 0.487. The third kappa shape index (κ3) is 7.92. The summed E-state index contributed by atoms with van der Waals surface area (Å²) in [6, 6.07) is 0. The predicted octanol–water partition coefficient (Wildman–Crippen LogP) is 5.29. The fraction of sp³-hybridized carbons (Fsp3) is 1.00. The van der Waals surface area contributed by atoms with Gasteiger partial charge >= 0.3 is 0 Å². The highest BCUT2D eigenvalue weighted by atomic mass is 33.1. The van der Waals surface area contributed by atoms with Crippen LogP contribution in [0.4, 0.5) is 0 Å². The lowest BCUT2D eigenvalue weighted by atomic mass is 9.77. The fourth-order valence-electron chi connectivity index (χ4n) is 1.69. The SMILES string of the molecule is CCC(CCSS)(CCSS)CCSS. The van der Waals surface area contributed by atoms with Gasteiger partial charge in [0.2, 0.25) is 0 Å². The second kappa shape index (κ2) is 11.2. The second-order valence-electron chi connectivity index (χ2n) is 3.60. The molecule has 0 rings (SSSR count). The molecule has 15 heavy (non-hydrogen) atoms. The van der Waals surface area contributed by atoms with Crippen LogP contribution in [0.3, 0.4) is 0 Å². The van der Waals surface area contributed by atoms with Crippen molar-refractivity contribution in [3.05, 3.63) is 0 Å². The first-order valence-corrected chi connectivity index (χ1v) is 11.1. The van der Waals surface area contributed by atoms with Crippen LogP contribution in [0.25, 0.3) is 0 Å². The number of thiol groups is 3. The Morgan fingerprint density at radius 2 is 1.13 bits per heavy atom. The highest BCUT2D eigenvalue weighted by molar-refractivity contribution is 8.69. The molecule has 0 aliphatic carbocycles. The summed E-state index contributed by atoms with van der Waals surface area (Å²) in [5.74, 6) is 3.43. The van der Waals surface area contributed by atoms with Crippen LogP contribution < -0.4 is 0 Å². The van der Waals surface area contributed by atoms with Crippen LogP contribution in [0.2, 0.25) is 0 Å². The lowest BCUT2D eigenvalue weighted by Gasteiger charge is -2.32. The number of hydrogen-bond donors (Lipinski definition) is 3. The van der Waals surface area contributed by atoms with Crippen LogP contribution in [0.1, 0.15) is 32.6 Å². The normalized spacial score (nSPS) is 12.0. The van der Waals surface area contributed by atoms with Crippen molar-refractivity contribution in [2.24, 2.45) is 5.41 Å². The highest BCUT2D eigenvalue weighted by Crippen LogP contribution is 2.39. The quantitative estimate of drug-likeness (QED) is 0.370. The molecule has 0 unspecified atom stereocenters. The van der Waals surface area contributed by atoms with Gasteiger partial charge in [0.05, 0.1) is 0 Å².